The quantitative estimate of drug-likeness (QED) is 0.187. The Balaban J connectivity index is 0.000000213. The standard InChI is InChI=1S/4C6H6O2/c4*7-5-1-2-6(8)4-3-5/h4*1-4,7-8H. The summed E-state index contributed by atoms with van der Waals surface area (Å²) in [6.45, 7) is 0. The van der Waals surface area contributed by atoms with Gasteiger partial charge in [0.1, 0.15) is 46.0 Å². The molecule has 168 valence electrons. The topological polar surface area (TPSA) is 162 Å². The summed E-state index contributed by atoms with van der Waals surface area (Å²) in [6, 6.07) is 22.8. The molecule has 8 N–H and O–H groups in total. The van der Waals surface area contributed by atoms with Crippen molar-refractivity contribution in [1.82, 2.24) is 0 Å². The molecule has 0 aliphatic rings. The van der Waals surface area contributed by atoms with Gasteiger partial charge in [0.25, 0.3) is 0 Å². The number of hydrogen-bond acceptors (Lipinski definition) is 8. The first-order valence-corrected chi connectivity index (χ1v) is 9.07. The highest BCUT2D eigenvalue weighted by atomic mass is 16.3. The van der Waals surface area contributed by atoms with E-state index in [-0.39, 0.29) is 46.0 Å². The number of rotatable bonds is 0. The largest absolute Gasteiger partial charge is 0.508 e. The number of phenolic OH excluding ortho intramolecular Hbond substituents is 8. The molecule has 0 saturated heterocycles. The van der Waals surface area contributed by atoms with E-state index >= 15 is 0 Å². The molecule has 32 heavy (non-hydrogen) atoms. The smallest absolute Gasteiger partial charge is 0.115 e. The van der Waals surface area contributed by atoms with Gasteiger partial charge in [-0.2, -0.15) is 0 Å². The van der Waals surface area contributed by atoms with Gasteiger partial charge in [-0.3, -0.25) is 0 Å². The Morgan fingerprint density at radius 1 is 0.188 bits per heavy atom. The van der Waals surface area contributed by atoms with Gasteiger partial charge in [-0.25, -0.2) is 0 Å². The zero-order valence-corrected chi connectivity index (χ0v) is 16.8. The normalized spacial score (nSPS) is 9.00. The van der Waals surface area contributed by atoms with E-state index in [9.17, 15) is 0 Å². The Hall–Kier alpha value is -4.72. The fourth-order valence-electron chi connectivity index (χ4n) is 1.81. The van der Waals surface area contributed by atoms with Crippen molar-refractivity contribution < 1.29 is 40.9 Å². The Labute approximate surface area is 184 Å². The number of hydrogen-bond donors (Lipinski definition) is 8. The maximum absolute atomic E-state index is 8.65. The average Bonchev–Trinajstić information content (AvgIpc) is 2.78. The van der Waals surface area contributed by atoms with Crippen LogP contribution in [0.25, 0.3) is 0 Å². The monoisotopic (exact) mass is 440 g/mol. The minimum absolute atomic E-state index is 0.169. The summed E-state index contributed by atoms with van der Waals surface area (Å²) in [4.78, 5) is 0. The fourth-order valence-corrected chi connectivity index (χ4v) is 1.81. The second kappa shape index (κ2) is 13.5. The van der Waals surface area contributed by atoms with E-state index in [1.165, 1.54) is 97.1 Å². The summed E-state index contributed by atoms with van der Waals surface area (Å²) in [5.41, 5.74) is 0. The first kappa shape index (κ1) is 25.3. The Bertz CT molecular complexity index is 756. The van der Waals surface area contributed by atoms with Gasteiger partial charge < -0.3 is 40.9 Å². The van der Waals surface area contributed by atoms with Crippen LogP contribution < -0.4 is 0 Å². The SMILES string of the molecule is Oc1ccc(O)cc1.Oc1ccc(O)cc1.Oc1ccc(O)cc1.Oc1ccc(O)cc1. The van der Waals surface area contributed by atoms with E-state index in [0.29, 0.717) is 0 Å². The van der Waals surface area contributed by atoms with Crippen molar-refractivity contribution >= 4 is 0 Å². The third-order valence-corrected chi connectivity index (χ3v) is 3.40. The van der Waals surface area contributed by atoms with Crippen molar-refractivity contribution in [1.29, 1.82) is 0 Å². The van der Waals surface area contributed by atoms with Crippen LogP contribution in [0.15, 0.2) is 97.1 Å². The van der Waals surface area contributed by atoms with E-state index in [1.54, 1.807) is 0 Å². The van der Waals surface area contributed by atoms with Crippen molar-refractivity contribution in [2.24, 2.45) is 0 Å². The van der Waals surface area contributed by atoms with E-state index in [4.69, 9.17) is 40.9 Å². The van der Waals surface area contributed by atoms with Crippen LogP contribution in [0.1, 0.15) is 0 Å². The lowest BCUT2D eigenvalue weighted by molar-refractivity contribution is 0.460. The van der Waals surface area contributed by atoms with Crippen molar-refractivity contribution in [2.75, 3.05) is 0 Å². The Kier molecular flexibility index (Phi) is 10.7. The van der Waals surface area contributed by atoms with Crippen LogP contribution in [0.3, 0.4) is 0 Å². The Morgan fingerprint density at radius 3 is 0.312 bits per heavy atom. The van der Waals surface area contributed by atoms with Gasteiger partial charge >= 0.3 is 0 Å². The van der Waals surface area contributed by atoms with Crippen LogP contribution >= 0.6 is 0 Å². The predicted octanol–water partition coefficient (Wildman–Crippen LogP) is 4.39. The lowest BCUT2D eigenvalue weighted by atomic mass is 10.3. The predicted molar refractivity (Wildman–Crippen MR) is 119 cm³/mol. The molecule has 4 rings (SSSR count). The molecular formula is C24H24O8. The summed E-state index contributed by atoms with van der Waals surface area (Å²) in [6.07, 6.45) is 0. The maximum Gasteiger partial charge on any atom is 0.115 e. The number of benzene rings is 4. The summed E-state index contributed by atoms with van der Waals surface area (Å²) < 4.78 is 0. The Morgan fingerprint density at radius 2 is 0.250 bits per heavy atom. The van der Waals surface area contributed by atoms with Crippen molar-refractivity contribution in [2.45, 2.75) is 0 Å². The van der Waals surface area contributed by atoms with Gasteiger partial charge in [-0.1, -0.05) is 0 Å². The minimum Gasteiger partial charge on any atom is -0.508 e. The minimum atomic E-state index is 0.169. The molecule has 8 nitrogen and oxygen atoms in total. The average molecular weight is 440 g/mol. The second-order valence-electron chi connectivity index (χ2n) is 6.07. The van der Waals surface area contributed by atoms with Gasteiger partial charge in [0, 0.05) is 0 Å². The molecule has 0 bridgehead atoms. The van der Waals surface area contributed by atoms with Crippen LogP contribution in [0.4, 0.5) is 0 Å². The molecule has 0 unspecified atom stereocenters. The van der Waals surface area contributed by atoms with E-state index in [1.807, 2.05) is 0 Å². The molecule has 0 atom stereocenters. The highest BCUT2D eigenvalue weighted by Crippen LogP contribution is 2.15. The molecule has 0 aliphatic carbocycles. The highest BCUT2D eigenvalue weighted by molar-refractivity contribution is 5.30. The zero-order valence-electron chi connectivity index (χ0n) is 16.8. The van der Waals surface area contributed by atoms with Crippen molar-refractivity contribution in [3.8, 4) is 46.0 Å². The molecule has 0 aliphatic heterocycles. The summed E-state index contributed by atoms with van der Waals surface area (Å²) in [5.74, 6) is 1.35. The summed E-state index contributed by atoms with van der Waals surface area (Å²) >= 11 is 0. The van der Waals surface area contributed by atoms with Crippen LogP contribution in [0, 0.1) is 0 Å². The van der Waals surface area contributed by atoms with Gasteiger partial charge in [0.2, 0.25) is 0 Å². The summed E-state index contributed by atoms with van der Waals surface area (Å²) in [7, 11) is 0. The molecule has 0 heterocycles. The molecule has 8 heteroatoms. The first-order valence-electron chi connectivity index (χ1n) is 9.07. The van der Waals surface area contributed by atoms with Gasteiger partial charge in [0.05, 0.1) is 0 Å². The first-order chi connectivity index (χ1) is 15.2. The fraction of sp³-hybridized carbons (Fsp3) is 0. The molecular weight excluding hydrogens is 416 g/mol. The van der Waals surface area contributed by atoms with Crippen LogP contribution in [0.2, 0.25) is 0 Å². The van der Waals surface area contributed by atoms with Crippen molar-refractivity contribution in [3.63, 3.8) is 0 Å². The van der Waals surface area contributed by atoms with Crippen LogP contribution in [-0.2, 0) is 0 Å². The zero-order chi connectivity index (χ0) is 23.9. The molecule has 0 spiro atoms. The lowest BCUT2D eigenvalue weighted by Crippen LogP contribution is -1.61. The second-order valence-corrected chi connectivity index (χ2v) is 6.07. The van der Waals surface area contributed by atoms with E-state index < -0.39 is 0 Å². The maximum atomic E-state index is 8.65. The lowest BCUT2D eigenvalue weighted by Gasteiger charge is -1.88. The third-order valence-electron chi connectivity index (χ3n) is 3.40. The van der Waals surface area contributed by atoms with Gasteiger partial charge in [-0.15, -0.1) is 0 Å². The highest BCUT2D eigenvalue weighted by Gasteiger charge is 1.86. The van der Waals surface area contributed by atoms with Crippen LogP contribution in [-0.4, -0.2) is 40.9 Å². The number of phenols is 8. The molecule has 0 saturated carbocycles. The van der Waals surface area contributed by atoms with E-state index in [0.717, 1.165) is 0 Å². The molecule has 0 fully saturated rings. The molecule has 0 amide bonds. The molecule has 0 radical (unpaired) electrons. The van der Waals surface area contributed by atoms with Crippen LogP contribution in [0.5, 0.6) is 46.0 Å². The molecule has 4 aromatic rings. The van der Waals surface area contributed by atoms with Gasteiger partial charge in [0.15, 0.2) is 0 Å². The number of aromatic hydroxyl groups is 8. The van der Waals surface area contributed by atoms with Gasteiger partial charge in [-0.05, 0) is 97.1 Å². The van der Waals surface area contributed by atoms with Crippen molar-refractivity contribution in [3.05, 3.63) is 97.1 Å². The summed E-state index contributed by atoms with van der Waals surface area (Å²) in [5, 5.41) is 69.2. The van der Waals surface area contributed by atoms with E-state index in [2.05, 4.69) is 0 Å². The molecule has 4 aromatic carbocycles. The molecule has 0 aromatic heterocycles. The third kappa shape index (κ3) is 12.0.